The first-order valence-electron chi connectivity index (χ1n) is 7.87. The zero-order chi connectivity index (χ0) is 17.1. The van der Waals surface area contributed by atoms with E-state index in [1.54, 1.807) is 6.07 Å². The van der Waals surface area contributed by atoms with Crippen LogP contribution in [-0.2, 0) is 6.54 Å². The first-order valence-corrected chi connectivity index (χ1v) is 8.24. The minimum absolute atomic E-state index is 0. The van der Waals surface area contributed by atoms with Gasteiger partial charge >= 0.3 is 0 Å². The quantitative estimate of drug-likeness (QED) is 0.884. The number of carbonyl (C=O) groups excluding carboxylic acids is 1. The Kier molecular flexibility index (Phi) is 6.64. The maximum absolute atomic E-state index is 13.2. The van der Waals surface area contributed by atoms with Crippen LogP contribution in [0, 0.1) is 5.82 Å². The van der Waals surface area contributed by atoms with E-state index in [4.69, 9.17) is 17.3 Å². The summed E-state index contributed by atoms with van der Waals surface area (Å²) in [4.78, 5) is 16.5. The van der Waals surface area contributed by atoms with Crippen molar-refractivity contribution in [2.75, 3.05) is 31.1 Å². The molecule has 1 heterocycles. The van der Waals surface area contributed by atoms with Gasteiger partial charge in [-0.25, -0.2) is 4.39 Å². The molecule has 1 aliphatic rings. The van der Waals surface area contributed by atoms with Crippen LogP contribution in [0.5, 0.6) is 0 Å². The van der Waals surface area contributed by atoms with Gasteiger partial charge < -0.3 is 15.5 Å². The molecule has 2 aromatic carbocycles. The highest BCUT2D eigenvalue weighted by atomic mass is 35.5. The van der Waals surface area contributed by atoms with Gasteiger partial charge in [0.1, 0.15) is 5.82 Å². The van der Waals surface area contributed by atoms with Crippen LogP contribution in [0.2, 0.25) is 5.02 Å². The van der Waals surface area contributed by atoms with Crippen LogP contribution in [0.3, 0.4) is 0 Å². The van der Waals surface area contributed by atoms with E-state index in [1.165, 1.54) is 12.1 Å². The van der Waals surface area contributed by atoms with Crippen molar-refractivity contribution in [3.63, 3.8) is 0 Å². The number of hydrogen-bond acceptors (Lipinski definition) is 3. The van der Waals surface area contributed by atoms with Gasteiger partial charge in [0.05, 0.1) is 10.7 Å². The van der Waals surface area contributed by atoms with Crippen molar-refractivity contribution in [2.24, 2.45) is 5.73 Å². The van der Waals surface area contributed by atoms with Gasteiger partial charge in [0.15, 0.2) is 0 Å². The minimum Gasteiger partial charge on any atom is -0.367 e. The van der Waals surface area contributed by atoms with Crippen LogP contribution < -0.4 is 10.6 Å². The van der Waals surface area contributed by atoms with Gasteiger partial charge in [0, 0.05) is 38.3 Å². The average molecular weight is 384 g/mol. The molecule has 3 rings (SSSR count). The number of amides is 1. The SMILES string of the molecule is Cl.NCc1ccc(C(=O)N2CCN(c3ccc(F)cc3Cl)CC2)cc1. The molecule has 1 fully saturated rings. The van der Waals surface area contributed by atoms with E-state index < -0.39 is 0 Å². The van der Waals surface area contributed by atoms with Crippen molar-refractivity contribution < 1.29 is 9.18 Å². The molecule has 0 saturated carbocycles. The number of piperazine rings is 1. The molecule has 1 saturated heterocycles. The fourth-order valence-corrected chi connectivity index (χ4v) is 3.14. The molecular formula is C18H20Cl2FN3O. The lowest BCUT2D eigenvalue weighted by atomic mass is 10.1. The van der Waals surface area contributed by atoms with Crippen molar-refractivity contribution in [1.29, 1.82) is 0 Å². The Morgan fingerprint density at radius 3 is 2.28 bits per heavy atom. The second kappa shape index (κ2) is 8.52. The monoisotopic (exact) mass is 383 g/mol. The molecule has 25 heavy (non-hydrogen) atoms. The molecule has 1 aliphatic heterocycles. The molecule has 4 nitrogen and oxygen atoms in total. The summed E-state index contributed by atoms with van der Waals surface area (Å²) in [6.07, 6.45) is 0. The zero-order valence-electron chi connectivity index (χ0n) is 13.6. The third kappa shape index (κ3) is 4.42. The van der Waals surface area contributed by atoms with Gasteiger partial charge in [-0.15, -0.1) is 12.4 Å². The maximum atomic E-state index is 13.2. The molecular weight excluding hydrogens is 364 g/mol. The first kappa shape index (κ1) is 19.5. The topological polar surface area (TPSA) is 49.6 Å². The summed E-state index contributed by atoms with van der Waals surface area (Å²) < 4.78 is 13.2. The van der Waals surface area contributed by atoms with Crippen LogP contribution >= 0.6 is 24.0 Å². The summed E-state index contributed by atoms with van der Waals surface area (Å²) >= 11 is 6.11. The molecule has 1 amide bonds. The Hall–Kier alpha value is -1.82. The Balaban J connectivity index is 0.00000225. The van der Waals surface area contributed by atoms with Gasteiger partial charge in [-0.2, -0.15) is 0 Å². The van der Waals surface area contributed by atoms with Gasteiger partial charge in [0.25, 0.3) is 5.91 Å². The summed E-state index contributed by atoms with van der Waals surface area (Å²) in [5.74, 6) is -0.332. The third-order valence-electron chi connectivity index (χ3n) is 4.25. The lowest BCUT2D eigenvalue weighted by Gasteiger charge is -2.36. The lowest BCUT2D eigenvalue weighted by Crippen LogP contribution is -2.48. The number of nitrogens with two attached hydrogens (primary N) is 1. The maximum Gasteiger partial charge on any atom is 0.253 e. The van der Waals surface area contributed by atoms with Crippen molar-refractivity contribution in [3.8, 4) is 0 Å². The predicted molar refractivity (Wildman–Crippen MR) is 101 cm³/mol. The fraction of sp³-hybridized carbons (Fsp3) is 0.278. The molecule has 0 aliphatic carbocycles. The first-order chi connectivity index (χ1) is 11.6. The van der Waals surface area contributed by atoms with Gasteiger partial charge in [-0.1, -0.05) is 23.7 Å². The summed E-state index contributed by atoms with van der Waals surface area (Å²) in [5, 5.41) is 0.396. The van der Waals surface area contributed by atoms with Gasteiger partial charge in [-0.3, -0.25) is 4.79 Å². The van der Waals surface area contributed by atoms with Crippen molar-refractivity contribution in [1.82, 2.24) is 4.90 Å². The normalized spacial score (nSPS) is 14.2. The van der Waals surface area contributed by atoms with E-state index >= 15 is 0 Å². The number of carbonyl (C=O) groups is 1. The van der Waals surface area contributed by atoms with Gasteiger partial charge in [-0.05, 0) is 35.9 Å². The summed E-state index contributed by atoms with van der Waals surface area (Å²) in [6.45, 7) is 3.00. The number of anilines is 1. The summed E-state index contributed by atoms with van der Waals surface area (Å²) in [5.41, 5.74) is 8.05. The number of halogens is 3. The average Bonchev–Trinajstić information content (AvgIpc) is 2.61. The van der Waals surface area contributed by atoms with Crippen LogP contribution in [0.25, 0.3) is 0 Å². The lowest BCUT2D eigenvalue weighted by molar-refractivity contribution is 0.0747. The van der Waals surface area contributed by atoms with Gasteiger partial charge in [0.2, 0.25) is 0 Å². The largest absolute Gasteiger partial charge is 0.367 e. The van der Waals surface area contributed by atoms with Crippen LogP contribution in [-0.4, -0.2) is 37.0 Å². The Bertz CT molecular complexity index is 732. The highest BCUT2D eigenvalue weighted by molar-refractivity contribution is 6.33. The van der Waals surface area contributed by atoms with Crippen molar-refractivity contribution in [3.05, 3.63) is 64.4 Å². The molecule has 0 spiro atoms. The van der Waals surface area contributed by atoms with E-state index in [-0.39, 0.29) is 24.1 Å². The number of nitrogens with zero attached hydrogens (tertiary/aromatic N) is 2. The van der Waals surface area contributed by atoms with E-state index in [9.17, 15) is 9.18 Å². The molecule has 0 radical (unpaired) electrons. The van der Waals surface area contributed by atoms with E-state index in [2.05, 4.69) is 4.90 Å². The molecule has 7 heteroatoms. The molecule has 134 valence electrons. The van der Waals surface area contributed by atoms with Crippen molar-refractivity contribution >= 4 is 35.6 Å². The smallest absolute Gasteiger partial charge is 0.253 e. The molecule has 0 aromatic heterocycles. The Morgan fingerprint density at radius 2 is 1.72 bits per heavy atom. The Morgan fingerprint density at radius 1 is 1.08 bits per heavy atom. The summed E-state index contributed by atoms with van der Waals surface area (Å²) in [6, 6.07) is 11.8. The number of hydrogen-bond donors (Lipinski definition) is 1. The van der Waals surface area contributed by atoms with E-state index in [0.717, 1.165) is 11.3 Å². The molecule has 2 N–H and O–H groups in total. The molecule has 0 atom stereocenters. The number of rotatable bonds is 3. The molecule has 2 aromatic rings. The molecule has 0 bridgehead atoms. The second-order valence-corrected chi connectivity index (χ2v) is 6.18. The molecule has 0 unspecified atom stereocenters. The predicted octanol–water partition coefficient (Wildman–Crippen LogP) is 3.32. The van der Waals surface area contributed by atoms with E-state index in [1.807, 2.05) is 29.2 Å². The van der Waals surface area contributed by atoms with Crippen molar-refractivity contribution in [2.45, 2.75) is 6.54 Å². The second-order valence-electron chi connectivity index (χ2n) is 5.78. The Labute approximate surface area is 157 Å². The highest BCUT2D eigenvalue weighted by Crippen LogP contribution is 2.27. The summed E-state index contributed by atoms with van der Waals surface area (Å²) in [7, 11) is 0. The third-order valence-corrected chi connectivity index (χ3v) is 4.56. The standard InChI is InChI=1S/C18H19ClFN3O.ClH/c19-16-11-15(20)5-6-17(16)22-7-9-23(10-8-22)18(24)14-3-1-13(12-21)2-4-14;/h1-6,11H,7-10,12,21H2;1H. The zero-order valence-corrected chi connectivity index (χ0v) is 15.2. The highest BCUT2D eigenvalue weighted by Gasteiger charge is 2.23. The van der Waals surface area contributed by atoms with E-state index in [0.29, 0.717) is 43.3 Å². The minimum atomic E-state index is -0.349. The fourth-order valence-electron chi connectivity index (χ4n) is 2.85. The van der Waals surface area contributed by atoms with Crippen LogP contribution in [0.15, 0.2) is 42.5 Å². The van der Waals surface area contributed by atoms with Crippen LogP contribution in [0.1, 0.15) is 15.9 Å². The number of benzene rings is 2. The van der Waals surface area contributed by atoms with Crippen LogP contribution in [0.4, 0.5) is 10.1 Å².